The van der Waals surface area contributed by atoms with E-state index >= 15 is 0 Å². The Morgan fingerprint density at radius 1 is 0.481 bits per heavy atom. The number of hydrogen-bond acceptors (Lipinski definition) is 0. The molecular weight excluding hydrogens is 324 g/mol. The number of hydrogen-bond donors (Lipinski definition) is 0. The van der Waals surface area contributed by atoms with Gasteiger partial charge in [-0.05, 0) is 33.4 Å². The SMILES string of the molecule is CC(C)(c1ccccc1)C(C)(C)c1ccccc1.CC(C)c1ccccc1. The number of rotatable bonds is 4. The van der Waals surface area contributed by atoms with Crippen molar-refractivity contribution in [2.45, 2.75) is 58.3 Å². The zero-order valence-electron chi connectivity index (χ0n) is 17.7. The normalized spacial score (nSPS) is 11.7. The molecule has 0 aliphatic rings. The maximum atomic E-state index is 2.33. The summed E-state index contributed by atoms with van der Waals surface area (Å²) in [6, 6.07) is 32.1. The standard InChI is InChI=1S/C18H22.C9H12/c1-17(2,15-11-7-5-8-12-15)18(3,4)16-13-9-6-10-14-16;1-8(2)9-6-4-3-5-7-9/h5-14H,1-4H3;3-8H,1-2H3. The highest BCUT2D eigenvalue weighted by Gasteiger charge is 2.39. The molecule has 0 spiro atoms. The van der Waals surface area contributed by atoms with Crippen molar-refractivity contribution in [3.8, 4) is 0 Å². The van der Waals surface area contributed by atoms with Gasteiger partial charge in [0, 0.05) is 0 Å². The van der Waals surface area contributed by atoms with Gasteiger partial charge in [0.05, 0.1) is 0 Å². The summed E-state index contributed by atoms with van der Waals surface area (Å²) in [7, 11) is 0. The Bertz CT molecular complexity index is 732. The van der Waals surface area contributed by atoms with Gasteiger partial charge in [-0.1, -0.05) is 133 Å². The maximum absolute atomic E-state index is 2.33. The maximum Gasteiger partial charge on any atom is -0.00120 e. The second-order valence-electron chi connectivity index (χ2n) is 8.55. The molecule has 3 aromatic carbocycles. The van der Waals surface area contributed by atoms with Gasteiger partial charge in [0.25, 0.3) is 0 Å². The van der Waals surface area contributed by atoms with Crippen molar-refractivity contribution in [1.29, 1.82) is 0 Å². The molecule has 0 fully saturated rings. The predicted molar refractivity (Wildman–Crippen MR) is 119 cm³/mol. The Morgan fingerprint density at radius 3 is 1.04 bits per heavy atom. The van der Waals surface area contributed by atoms with Crippen LogP contribution in [0.15, 0.2) is 91.0 Å². The minimum atomic E-state index is 0.0929. The minimum Gasteiger partial charge on any atom is -0.0622 e. The van der Waals surface area contributed by atoms with Crippen molar-refractivity contribution in [2.75, 3.05) is 0 Å². The van der Waals surface area contributed by atoms with Crippen molar-refractivity contribution in [3.63, 3.8) is 0 Å². The zero-order chi connectivity index (χ0) is 19.9. The van der Waals surface area contributed by atoms with Gasteiger partial charge in [0.15, 0.2) is 0 Å². The second kappa shape index (κ2) is 9.04. The predicted octanol–water partition coefficient (Wildman–Crippen LogP) is 7.75. The molecule has 0 aromatic heterocycles. The van der Waals surface area contributed by atoms with Crippen LogP contribution in [0.5, 0.6) is 0 Å². The van der Waals surface area contributed by atoms with Crippen LogP contribution in [0, 0.1) is 0 Å². The van der Waals surface area contributed by atoms with E-state index in [1.165, 1.54) is 16.7 Å². The second-order valence-corrected chi connectivity index (χ2v) is 8.55. The van der Waals surface area contributed by atoms with Crippen LogP contribution in [0.2, 0.25) is 0 Å². The topological polar surface area (TPSA) is 0 Å². The smallest absolute Gasteiger partial charge is 0.00120 e. The van der Waals surface area contributed by atoms with E-state index in [1.807, 2.05) is 6.07 Å². The Kier molecular flexibility index (Phi) is 7.02. The lowest BCUT2D eigenvalue weighted by molar-refractivity contribution is 0.303. The molecule has 0 saturated carbocycles. The van der Waals surface area contributed by atoms with Gasteiger partial charge in [-0.3, -0.25) is 0 Å². The van der Waals surface area contributed by atoms with Crippen LogP contribution in [0.3, 0.4) is 0 Å². The van der Waals surface area contributed by atoms with Crippen LogP contribution in [0.25, 0.3) is 0 Å². The van der Waals surface area contributed by atoms with E-state index in [4.69, 9.17) is 0 Å². The lowest BCUT2D eigenvalue weighted by Gasteiger charge is -2.43. The van der Waals surface area contributed by atoms with Gasteiger partial charge in [-0.15, -0.1) is 0 Å². The van der Waals surface area contributed by atoms with E-state index in [-0.39, 0.29) is 10.8 Å². The molecule has 0 heterocycles. The fourth-order valence-electron chi connectivity index (χ4n) is 3.27. The van der Waals surface area contributed by atoms with Crippen molar-refractivity contribution >= 4 is 0 Å². The fourth-order valence-corrected chi connectivity index (χ4v) is 3.27. The molecule has 3 aromatic rings. The average molecular weight is 359 g/mol. The van der Waals surface area contributed by atoms with Crippen molar-refractivity contribution in [3.05, 3.63) is 108 Å². The third-order valence-electron chi connectivity index (χ3n) is 6.02. The third-order valence-corrected chi connectivity index (χ3v) is 6.02. The van der Waals surface area contributed by atoms with E-state index in [2.05, 4.69) is 126 Å². The summed E-state index contributed by atoms with van der Waals surface area (Å²) in [4.78, 5) is 0. The van der Waals surface area contributed by atoms with Crippen molar-refractivity contribution < 1.29 is 0 Å². The van der Waals surface area contributed by atoms with Crippen LogP contribution in [-0.4, -0.2) is 0 Å². The molecule has 0 atom stereocenters. The molecule has 0 nitrogen and oxygen atoms in total. The summed E-state index contributed by atoms with van der Waals surface area (Å²) in [5.74, 6) is 0.659. The summed E-state index contributed by atoms with van der Waals surface area (Å²) in [5.41, 5.74) is 4.38. The minimum absolute atomic E-state index is 0.0929. The average Bonchev–Trinajstić information content (AvgIpc) is 2.70. The molecule has 0 N–H and O–H groups in total. The Labute approximate surface area is 166 Å². The quantitative estimate of drug-likeness (QED) is 0.447. The van der Waals surface area contributed by atoms with Crippen LogP contribution >= 0.6 is 0 Å². The molecule has 27 heavy (non-hydrogen) atoms. The molecule has 3 rings (SSSR count). The Balaban J connectivity index is 0.000000244. The Hall–Kier alpha value is -2.34. The fraction of sp³-hybridized carbons (Fsp3) is 0.333. The summed E-state index contributed by atoms with van der Waals surface area (Å²) in [6.07, 6.45) is 0. The molecule has 0 bridgehead atoms. The molecule has 0 unspecified atom stereocenters. The highest BCUT2D eigenvalue weighted by molar-refractivity contribution is 5.36. The van der Waals surface area contributed by atoms with Gasteiger partial charge >= 0.3 is 0 Å². The monoisotopic (exact) mass is 358 g/mol. The van der Waals surface area contributed by atoms with E-state index in [1.54, 1.807) is 0 Å². The van der Waals surface area contributed by atoms with Gasteiger partial charge in [0.1, 0.15) is 0 Å². The van der Waals surface area contributed by atoms with E-state index < -0.39 is 0 Å². The molecule has 0 aliphatic carbocycles. The highest BCUT2D eigenvalue weighted by Crippen LogP contribution is 2.43. The van der Waals surface area contributed by atoms with E-state index in [9.17, 15) is 0 Å². The first kappa shape index (κ1) is 21.0. The van der Waals surface area contributed by atoms with Crippen LogP contribution in [0.1, 0.15) is 64.2 Å². The van der Waals surface area contributed by atoms with E-state index in [0.29, 0.717) is 5.92 Å². The summed E-state index contributed by atoms with van der Waals surface area (Å²) in [5, 5.41) is 0. The first-order valence-corrected chi connectivity index (χ1v) is 9.93. The molecule has 0 saturated heterocycles. The van der Waals surface area contributed by atoms with Gasteiger partial charge in [-0.25, -0.2) is 0 Å². The molecule has 0 heteroatoms. The first-order chi connectivity index (χ1) is 12.8. The van der Waals surface area contributed by atoms with E-state index in [0.717, 1.165) is 0 Å². The summed E-state index contributed by atoms with van der Waals surface area (Å²) >= 11 is 0. The molecule has 0 radical (unpaired) electrons. The highest BCUT2D eigenvalue weighted by atomic mass is 14.4. The molecule has 0 aliphatic heterocycles. The van der Waals surface area contributed by atoms with Gasteiger partial charge < -0.3 is 0 Å². The van der Waals surface area contributed by atoms with Gasteiger partial charge in [0.2, 0.25) is 0 Å². The van der Waals surface area contributed by atoms with Crippen LogP contribution in [0.4, 0.5) is 0 Å². The van der Waals surface area contributed by atoms with Crippen molar-refractivity contribution in [2.24, 2.45) is 0 Å². The lowest BCUT2D eigenvalue weighted by Crippen LogP contribution is -2.40. The Morgan fingerprint density at radius 2 is 0.778 bits per heavy atom. The van der Waals surface area contributed by atoms with Crippen molar-refractivity contribution in [1.82, 2.24) is 0 Å². The first-order valence-electron chi connectivity index (χ1n) is 9.93. The summed E-state index contributed by atoms with van der Waals surface area (Å²) in [6.45, 7) is 13.7. The largest absolute Gasteiger partial charge is 0.0622 e. The molecule has 0 amide bonds. The lowest BCUT2D eigenvalue weighted by atomic mass is 9.61. The summed E-state index contributed by atoms with van der Waals surface area (Å²) < 4.78 is 0. The van der Waals surface area contributed by atoms with Crippen LogP contribution < -0.4 is 0 Å². The number of benzene rings is 3. The van der Waals surface area contributed by atoms with Gasteiger partial charge in [-0.2, -0.15) is 0 Å². The third kappa shape index (κ3) is 5.10. The zero-order valence-corrected chi connectivity index (χ0v) is 17.7. The molecule has 142 valence electrons. The van der Waals surface area contributed by atoms with Crippen LogP contribution in [-0.2, 0) is 10.8 Å². The molecular formula is C27H34.